The zero-order valence-electron chi connectivity index (χ0n) is 15.8. The summed E-state index contributed by atoms with van der Waals surface area (Å²) in [5.74, 6) is 0.0947. The van der Waals surface area contributed by atoms with Crippen molar-refractivity contribution in [2.24, 2.45) is 0 Å². The second kappa shape index (κ2) is 14.6. The standard InChI is InChI=1S/C18H37NO4S/c1-4-5-6-7-8-9-10-11-12-14-18(2,3)23-17(20)19-15-13-16-24(21)22/h24H,4-16H2,1-3H3,(H,19,20). The third-order valence-corrected chi connectivity index (χ3v) is 4.72. The highest BCUT2D eigenvalue weighted by Crippen LogP contribution is 2.20. The zero-order chi connectivity index (χ0) is 18.3. The van der Waals surface area contributed by atoms with E-state index in [2.05, 4.69) is 12.2 Å². The Kier molecular flexibility index (Phi) is 14.1. The Labute approximate surface area is 149 Å². The lowest BCUT2D eigenvalue weighted by Gasteiger charge is -2.25. The van der Waals surface area contributed by atoms with E-state index in [-0.39, 0.29) is 5.75 Å². The first-order valence-electron chi connectivity index (χ1n) is 9.46. The smallest absolute Gasteiger partial charge is 0.407 e. The second-order valence-corrected chi connectivity index (χ2v) is 8.18. The van der Waals surface area contributed by atoms with Gasteiger partial charge in [-0.2, -0.15) is 0 Å². The molecule has 5 nitrogen and oxygen atoms in total. The highest BCUT2D eigenvalue weighted by Gasteiger charge is 2.22. The van der Waals surface area contributed by atoms with Crippen LogP contribution in [0, 0.1) is 0 Å². The van der Waals surface area contributed by atoms with Crippen molar-refractivity contribution in [2.45, 2.75) is 97.0 Å². The fourth-order valence-electron chi connectivity index (χ4n) is 2.60. The van der Waals surface area contributed by atoms with E-state index in [0.29, 0.717) is 13.0 Å². The van der Waals surface area contributed by atoms with Crippen molar-refractivity contribution in [1.82, 2.24) is 5.32 Å². The highest BCUT2D eigenvalue weighted by molar-refractivity contribution is 7.72. The molecule has 0 aromatic carbocycles. The molecule has 0 heterocycles. The van der Waals surface area contributed by atoms with Gasteiger partial charge in [0.05, 0.1) is 0 Å². The van der Waals surface area contributed by atoms with Gasteiger partial charge in [-0.1, -0.05) is 58.3 Å². The first-order valence-corrected chi connectivity index (χ1v) is 10.8. The van der Waals surface area contributed by atoms with Crippen LogP contribution in [0.5, 0.6) is 0 Å². The third kappa shape index (κ3) is 16.1. The summed E-state index contributed by atoms with van der Waals surface area (Å²) in [5, 5.41) is 2.60. The van der Waals surface area contributed by atoms with E-state index in [4.69, 9.17) is 4.74 Å². The number of amides is 1. The van der Waals surface area contributed by atoms with Gasteiger partial charge in [0.25, 0.3) is 0 Å². The van der Waals surface area contributed by atoms with Crippen molar-refractivity contribution in [2.75, 3.05) is 12.3 Å². The molecule has 0 fully saturated rings. The largest absolute Gasteiger partial charge is 0.444 e. The molecule has 1 N–H and O–H groups in total. The molecule has 0 radical (unpaired) electrons. The number of unbranched alkanes of at least 4 members (excludes halogenated alkanes) is 8. The normalized spacial score (nSPS) is 11.7. The van der Waals surface area contributed by atoms with Crippen molar-refractivity contribution in [1.29, 1.82) is 0 Å². The molecule has 6 heteroatoms. The van der Waals surface area contributed by atoms with Crippen LogP contribution >= 0.6 is 0 Å². The Morgan fingerprint density at radius 3 is 2.00 bits per heavy atom. The number of thiol groups is 1. The number of carbonyl (C=O) groups is 1. The van der Waals surface area contributed by atoms with Crippen molar-refractivity contribution in [3.8, 4) is 0 Å². The van der Waals surface area contributed by atoms with Crippen molar-refractivity contribution in [3.63, 3.8) is 0 Å². The lowest BCUT2D eigenvalue weighted by atomic mass is 9.99. The summed E-state index contributed by atoms with van der Waals surface area (Å²) in [6.45, 7) is 6.41. The summed E-state index contributed by atoms with van der Waals surface area (Å²) >= 11 is 0. The van der Waals surface area contributed by atoms with Crippen molar-refractivity contribution < 1.29 is 17.9 Å². The van der Waals surface area contributed by atoms with Crippen LogP contribution in [0.25, 0.3) is 0 Å². The van der Waals surface area contributed by atoms with Crippen LogP contribution in [0.4, 0.5) is 4.79 Å². The Morgan fingerprint density at radius 2 is 1.46 bits per heavy atom. The quantitative estimate of drug-likeness (QED) is 0.334. The van der Waals surface area contributed by atoms with Gasteiger partial charge in [0, 0.05) is 12.3 Å². The van der Waals surface area contributed by atoms with E-state index < -0.39 is 22.4 Å². The minimum absolute atomic E-state index is 0.0947. The molecule has 0 atom stereocenters. The van der Waals surface area contributed by atoms with Gasteiger partial charge < -0.3 is 10.1 Å². The second-order valence-electron chi connectivity index (χ2n) is 7.06. The molecule has 0 saturated heterocycles. The molecule has 0 aromatic heterocycles. The molecule has 0 saturated carbocycles. The lowest BCUT2D eigenvalue weighted by Crippen LogP contribution is -2.35. The molecule has 1 amide bonds. The maximum atomic E-state index is 11.7. The van der Waals surface area contributed by atoms with Crippen molar-refractivity contribution >= 4 is 16.8 Å². The van der Waals surface area contributed by atoms with Crippen LogP contribution in [0.3, 0.4) is 0 Å². The van der Waals surface area contributed by atoms with Crippen molar-refractivity contribution in [3.05, 3.63) is 0 Å². The molecule has 0 aliphatic rings. The van der Waals surface area contributed by atoms with Gasteiger partial charge in [-0.15, -0.1) is 0 Å². The van der Waals surface area contributed by atoms with E-state index in [0.717, 1.165) is 12.8 Å². The van der Waals surface area contributed by atoms with E-state index in [9.17, 15) is 13.2 Å². The Morgan fingerprint density at radius 1 is 0.917 bits per heavy atom. The molecule has 0 aromatic rings. The fourth-order valence-corrected chi connectivity index (χ4v) is 3.01. The first kappa shape index (κ1) is 23.2. The molecule has 144 valence electrons. The number of carbonyl (C=O) groups excluding carboxylic acids is 1. The van der Waals surface area contributed by atoms with Crippen LogP contribution in [-0.2, 0) is 15.4 Å². The fraction of sp³-hybridized carbons (Fsp3) is 0.944. The molecule has 0 bridgehead atoms. The summed E-state index contributed by atoms with van der Waals surface area (Å²) in [7, 11) is -2.37. The minimum atomic E-state index is -2.37. The first-order chi connectivity index (χ1) is 11.4. The van der Waals surface area contributed by atoms with Crippen LogP contribution in [0.1, 0.15) is 91.4 Å². The molecule has 0 rings (SSSR count). The number of alkyl carbamates (subject to hydrolysis) is 1. The topological polar surface area (TPSA) is 72.5 Å². The molecular weight excluding hydrogens is 326 g/mol. The number of hydrogen-bond acceptors (Lipinski definition) is 4. The summed E-state index contributed by atoms with van der Waals surface area (Å²) < 4.78 is 26.3. The van der Waals surface area contributed by atoms with Gasteiger partial charge in [-0.05, 0) is 33.1 Å². The van der Waals surface area contributed by atoms with Gasteiger partial charge in [0.1, 0.15) is 16.3 Å². The molecule has 0 spiro atoms. The van der Waals surface area contributed by atoms with Gasteiger partial charge in [-0.25, -0.2) is 13.2 Å². The summed E-state index contributed by atoms with van der Waals surface area (Å²) in [4.78, 5) is 11.7. The summed E-state index contributed by atoms with van der Waals surface area (Å²) in [5.41, 5.74) is -0.477. The van der Waals surface area contributed by atoms with E-state index in [1.165, 1.54) is 51.4 Å². The molecule has 0 unspecified atom stereocenters. The third-order valence-electron chi connectivity index (χ3n) is 4.04. The number of rotatable bonds is 15. The van der Waals surface area contributed by atoms with Crippen LogP contribution < -0.4 is 5.32 Å². The van der Waals surface area contributed by atoms with E-state index >= 15 is 0 Å². The minimum Gasteiger partial charge on any atom is -0.444 e. The number of hydrogen-bond donors (Lipinski definition) is 2. The Balaban J connectivity index is 3.61. The Hall–Kier alpha value is -0.780. The van der Waals surface area contributed by atoms with Gasteiger partial charge in [0.15, 0.2) is 0 Å². The molecule has 0 aliphatic heterocycles. The molecular formula is C18H37NO4S. The van der Waals surface area contributed by atoms with E-state index in [1.807, 2.05) is 13.8 Å². The average Bonchev–Trinajstić information content (AvgIpc) is 2.49. The Bertz CT molecular complexity index is 386. The number of nitrogens with one attached hydrogen (secondary N) is 1. The SMILES string of the molecule is CCCCCCCCCCCC(C)(C)OC(=O)NCCC[SH](=O)=O. The van der Waals surface area contributed by atoms with Crippen LogP contribution in [0.2, 0.25) is 0 Å². The predicted molar refractivity (Wildman–Crippen MR) is 100 cm³/mol. The molecule has 24 heavy (non-hydrogen) atoms. The monoisotopic (exact) mass is 363 g/mol. The maximum absolute atomic E-state index is 11.7. The van der Waals surface area contributed by atoms with Gasteiger partial charge >= 0.3 is 6.09 Å². The lowest BCUT2D eigenvalue weighted by molar-refractivity contribution is 0.0309. The maximum Gasteiger partial charge on any atom is 0.407 e. The van der Waals surface area contributed by atoms with Gasteiger partial charge in [0.2, 0.25) is 0 Å². The van der Waals surface area contributed by atoms with E-state index in [1.54, 1.807) is 0 Å². The number of ether oxygens (including phenoxy) is 1. The van der Waals surface area contributed by atoms with Gasteiger partial charge in [-0.3, -0.25) is 0 Å². The van der Waals surface area contributed by atoms with Crippen LogP contribution in [-0.4, -0.2) is 32.4 Å². The summed E-state index contributed by atoms with van der Waals surface area (Å²) in [6.07, 6.45) is 12.3. The zero-order valence-corrected chi connectivity index (χ0v) is 16.7. The molecule has 0 aliphatic carbocycles. The predicted octanol–water partition coefficient (Wildman–Crippen LogP) is 4.41. The highest BCUT2D eigenvalue weighted by atomic mass is 32.2. The summed E-state index contributed by atoms with van der Waals surface area (Å²) in [6, 6.07) is 0. The van der Waals surface area contributed by atoms with Crippen LogP contribution in [0.15, 0.2) is 0 Å². The average molecular weight is 364 g/mol.